The van der Waals surface area contributed by atoms with E-state index in [1.54, 1.807) is 105 Å². The number of benzene rings is 3. The highest BCUT2D eigenvalue weighted by molar-refractivity contribution is 8.00. The second kappa shape index (κ2) is 14.2. The lowest BCUT2D eigenvalue weighted by molar-refractivity contribution is -0.115. The van der Waals surface area contributed by atoms with E-state index in [0.717, 1.165) is 4.90 Å². The highest BCUT2D eigenvalue weighted by Crippen LogP contribution is 2.26. The predicted molar refractivity (Wildman–Crippen MR) is 163 cm³/mol. The van der Waals surface area contributed by atoms with E-state index in [9.17, 15) is 14.4 Å². The SMILES string of the molecule is COc1cccc(/C=C(\NC(=O)c2ccccc2)C(=O)Nc2ccc(SC(C)C(=O)Nc3ccc(Cl)cn3)cc2)c1. The molecule has 0 radical (unpaired) electrons. The molecule has 4 rings (SSSR count). The number of hydrogen-bond acceptors (Lipinski definition) is 6. The fourth-order valence-corrected chi connectivity index (χ4v) is 4.57. The fraction of sp³-hybridized carbons (Fsp3) is 0.0968. The van der Waals surface area contributed by atoms with Crippen molar-refractivity contribution in [1.82, 2.24) is 10.3 Å². The normalized spacial score (nSPS) is 11.7. The second-order valence-corrected chi connectivity index (χ2v) is 10.6. The minimum atomic E-state index is -0.499. The molecule has 0 spiro atoms. The lowest BCUT2D eigenvalue weighted by Gasteiger charge is -2.13. The molecule has 0 aliphatic rings. The molecule has 1 unspecified atom stereocenters. The van der Waals surface area contributed by atoms with E-state index < -0.39 is 17.1 Å². The summed E-state index contributed by atoms with van der Waals surface area (Å²) in [4.78, 5) is 43.6. The lowest BCUT2D eigenvalue weighted by atomic mass is 10.1. The zero-order valence-electron chi connectivity index (χ0n) is 22.3. The smallest absolute Gasteiger partial charge is 0.272 e. The van der Waals surface area contributed by atoms with Crippen molar-refractivity contribution < 1.29 is 19.1 Å². The van der Waals surface area contributed by atoms with Crippen molar-refractivity contribution in [1.29, 1.82) is 0 Å². The number of nitrogens with zero attached hydrogens (tertiary/aromatic N) is 1. The van der Waals surface area contributed by atoms with Gasteiger partial charge in [-0.15, -0.1) is 11.8 Å². The number of aromatic nitrogens is 1. The number of anilines is 2. The maximum absolute atomic E-state index is 13.3. The summed E-state index contributed by atoms with van der Waals surface area (Å²) >= 11 is 7.20. The van der Waals surface area contributed by atoms with Gasteiger partial charge in [0, 0.05) is 22.3 Å². The third-order valence-corrected chi connectivity index (χ3v) is 7.04. The van der Waals surface area contributed by atoms with Crippen LogP contribution >= 0.6 is 23.4 Å². The molecular weight excluding hydrogens is 560 g/mol. The average Bonchev–Trinajstić information content (AvgIpc) is 2.99. The fourth-order valence-electron chi connectivity index (χ4n) is 3.59. The molecule has 0 aliphatic carbocycles. The Balaban J connectivity index is 1.44. The molecule has 3 N–H and O–H groups in total. The molecule has 8 nitrogen and oxygen atoms in total. The molecule has 0 bridgehead atoms. The van der Waals surface area contributed by atoms with Crippen LogP contribution in [-0.4, -0.2) is 35.1 Å². The number of pyridine rings is 1. The minimum absolute atomic E-state index is 0.0617. The van der Waals surface area contributed by atoms with Gasteiger partial charge in [0.15, 0.2) is 0 Å². The van der Waals surface area contributed by atoms with Crippen molar-refractivity contribution in [2.45, 2.75) is 17.1 Å². The summed E-state index contributed by atoms with van der Waals surface area (Å²) in [5, 5.41) is 8.39. The van der Waals surface area contributed by atoms with Crippen molar-refractivity contribution in [3.05, 3.63) is 119 Å². The van der Waals surface area contributed by atoms with Crippen molar-refractivity contribution in [3.8, 4) is 5.75 Å². The number of carbonyl (C=O) groups is 3. The number of thioether (sulfide) groups is 1. The Hall–Kier alpha value is -4.60. The largest absolute Gasteiger partial charge is 0.497 e. The van der Waals surface area contributed by atoms with Crippen LogP contribution in [0.4, 0.5) is 11.5 Å². The monoisotopic (exact) mass is 586 g/mol. The molecule has 4 aromatic rings. The standard InChI is InChI=1S/C31H27ClN4O4S/c1-20(29(37)36-28-16-11-23(32)19-33-28)41-26-14-12-24(13-15-26)34-31(39)27(18-21-7-6-10-25(17-21)40-2)35-30(38)22-8-4-3-5-9-22/h3-20H,1-2H3,(H,34,39)(H,35,38)(H,33,36,37)/b27-18-. The summed E-state index contributed by atoms with van der Waals surface area (Å²) in [6.07, 6.45) is 3.05. The van der Waals surface area contributed by atoms with Crippen LogP contribution in [0.15, 0.2) is 108 Å². The average molecular weight is 587 g/mol. The van der Waals surface area contributed by atoms with Crippen LogP contribution in [0.1, 0.15) is 22.8 Å². The number of hydrogen-bond donors (Lipinski definition) is 3. The molecule has 0 aliphatic heterocycles. The molecule has 1 heterocycles. The second-order valence-electron chi connectivity index (χ2n) is 8.74. The van der Waals surface area contributed by atoms with Gasteiger partial charge in [0.25, 0.3) is 11.8 Å². The Labute approximate surface area is 247 Å². The van der Waals surface area contributed by atoms with Gasteiger partial charge in [0.1, 0.15) is 17.3 Å². The van der Waals surface area contributed by atoms with Gasteiger partial charge in [-0.25, -0.2) is 4.98 Å². The van der Waals surface area contributed by atoms with E-state index in [1.165, 1.54) is 18.0 Å². The maximum atomic E-state index is 13.3. The van der Waals surface area contributed by atoms with E-state index in [1.807, 2.05) is 6.07 Å². The van der Waals surface area contributed by atoms with Crippen molar-refractivity contribution in [2.24, 2.45) is 0 Å². The van der Waals surface area contributed by atoms with Crippen molar-refractivity contribution >= 4 is 58.7 Å². The van der Waals surface area contributed by atoms with Crippen LogP contribution in [0.5, 0.6) is 5.75 Å². The third kappa shape index (κ3) is 8.69. The van der Waals surface area contributed by atoms with Crippen LogP contribution in [0.2, 0.25) is 5.02 Å². The molecule has 3 aromatic carbocycles. The Kier molecular flexibility index (Phi) is 10.1. The Morgan fingerprint density at radius 3 is 2.37 bits per heavy atom. The lowest BCUT2D eigenvalue weighted by Crippen LogP contribution is -2.30. The zero-order chi connectivity index (χ0) is 29.2. The van der Waals surface area contributed by atoms with Crippen LogP contribution in [0.25, 0.3) is 6.08 Å². The van der Waals surface area contributed by atoms with E-state index in [0.29, 0.717) is 33.4 Å². The summed E-state index contributed by atoms with van der Waals surface area (Å²) in [5.74, 6) is -0.0810. The molecule has 0 saturated carbocycles. The molecule has 0 fully saturated rings. The Morgan fingerprint density at radius 2 is 1.68 bits per heavy atom. The molecule has 41 heavy (non-hydrogen) atoms. The number of carbonyl (C=O) groups excluding carboxylic acids is 3. The first-order valence-corrected chi connectivity index (χ1v) is 13.8. The number of ether oxygens (including phenoxy) is 1. The zero-order valence-corrected chi connectivity index (χ0v) is 23.8. The number of nitrogens with one attached hydrogen (secondary N) is 3. The Morgan fingerprint density at radius 1 is 0.927 bits per heavy atom. The number of methoxy groups -OCH3 is 1. The molecule has 10 heteroatoms. The first-order chi connectivity index (χ1) is 19.8. The quantitative estimate of drug-likeness (QED) is 0.149. The molecular formula is C31H27ClN4O4S. The van der Waals surface area contributed by atoms with E-state index in [4.69, 9.17) is 16.3 Å². The highest BCUT2D eigenvalue weighted by atomic mass is 35.5. The molecule has 208 valence electrons. The maximum Gasteiger partial charge on any atom is 0.272 e. The van der Waals surface area contributed by atoms with Crippen molar-refractivity contribution in [2.75, 3.05) is 17.7 Å². The first kappa shape index (κ1) is 29.4. The van der Waals surface area contributed by atoms with Gasteiger partial charge < -0.3 is 20.7 Å². The first-order valence-electron chi connectivity index (χ1n) is 12.5. The highest BCUT2D eigenvalue weighted by Gasteiger charge is 2.17. The van der Waals surface area contributed by atoms with Crippen LogP contribution < -0.4 is 20.7 Å². The summed E-state index contributed by atoms with van der Waals surface area (Å²) in [6, 6.07) is 26.1. The van der Waals surface area contributed by atoms with Gasteiger partial charge in [-0.1, -0.05) is 41.9 Å². The van der Waals surface area contributed by atoms with Gasteiger partial charge in [0.05, 0.1) is 17.4 Å². The molecule has 0 saturated heterocycles. The topological polar surface area (TPSA) is 109 Å². The summed E-state index contributed by atoms with van der Waals surface area (Å²) in [5.41, 5.74) is 1.68. The van der Waals surface area contributed by atoms with E-state index >= 15 is 0 Å². The van der Waals surface area contributed by atoms with Crippen LogP contribution in [0.3, 0.4) is 0 Å². The minimum Gasteiger partial charge on any atom is -0.497 e. The summed E-state index contributed by atoms with van der Waals surface area (Å²) < 4.78 is 5.28. The van der Waals surface area contributed by atoms with E-state index in [-0.39, 0.29) is 11.6 Å². The molecule has 3 amide bonds. The van der Waals surface area contributed by atoms with Gasteiger partial charge in [-0.2, -0.15) is 0 Å². The molecule has 1 aromatic heterocycles. The third-order valence-electron chi connectivity index (χ3n) is 5.71. The van der Waals surface area contributed by atoms with Gasteiger partial charge >= 0.3 is 0 Å². The molecule has 1 atom stereocenters. The predicted octanol–water partition coefficient (Wildman–Crippen LogP) is 6.27. The van der Waals surface area contributed by atoms with Crippen molar-refractivity contribution in [3.63, 3.8) is 0 Å². The summed E-state index contributed by atoms with van der Waals surface area (Å²) in [7, 11) is 1.56. The number of amides is 3. The van der Waals surface area contributed by atoms with Crippen LogP contribution in [0, 0.1) is 0 Å². The van der Waals surface area contributed by atoms with Gasteiger partial charge in [-0.3, -0.25) is 14.4 Å². The Bertz CT molecular complexity index is 1540. The van der Waals surface area contributed by atoms with Crippen LogP contribution in [-0.2, 0) is 9.59 Å². The number of rotatable bonds is 10. The number of halogens is 1. The van der Waals surface area contributed by atoms with Gasteiger partial charge in [0.2, 0.25) is 5.91 Å². The van der Waals surface area contributed by atoms with E-state index in [2.05, 4.69) is 20.9 Å². The van der Waals surface area contributed by atoms with Gasteiger partial charge in [-0.05, 0) is 79.2 Å². The summed E-state index contributed by atoms with van der Waals surface area (Å²) in [6.45, 7) is 1.79.